The molecule has 1 N–H and O–H groups in total. The lowest BCUT2D eigenvalue weighted by Crippen LogP contribution is -2.43. The topological polar surface area (TPSA) is 43.8 Å². The lowest BCUT2D eigenvalue weighted by Gasteiger charge is -2.30. The third-order valence-electron chi connectivity index (χ3n) is 3.24. The molecule has 1 amide bonds. The Morgan fingerprint density at radius 2 is 1.90 bits per heavy atom. The molecule has 2 rings (SSSR count). The van der Waals surface area contributed by atoms with Crippen molar-refractivity contribution in [3.05, 3.63) is 29.8 Å². The van der Waals surface area contributed by atoms with E-state index in [0.717, 1.165) is 12.1 Å². The van der Waals surface area contributed by atoms with Gasteiger partial charge in [0.1, 0.15) is 0 Å². The molecule has 1 aromatic rings. The van der Waals surface area contributed by atoms with Crippen LogP contribution in [0.1, 0.15) is 18.9 Å². The van der Waals surface area contributed by atoms with Crippen molar-refractivity contribution in [2.45, 2.75) is 25.6 Å². The van der Waals surface area contributed by atoms with Crippen molar-refractivity contribution in [3.63, 3.8) is 0 Å². The van der Waals surface area contributed by atoms with Crippen molar-refractivity contribution in [1.29, 1.82) is 0 Å². The normalized spacial score (nSPS) is 20.8. The molecule has 0 bridgehead atoms. The van der Waals surface area contributed by atoms with Crippen LogP contribution in [0.4, 0.5) is 18.9 Å². The Labute approximate surface area is 114 Å². The number of hydrogen-bond donors (Lipinski definition) is 1. The average molecular weight is 288 g/mol. The van der Waals surface area contributed by atoms with Crippen LogP contribution in [0.3, 0.4) is 0 Å². The second-order valence-electron chi connectivity index (χ2n) is 4.69. The summed E-state index contributed by atoms with van der Waals surface area (Å²) in [6, 6.07) is 4.34. The summed E-state index contributed by atoms with van der Waals surface area (Å²) in [5, 5.41) is 12.0. The summed E-state index contributed by atoms with van der Waals surface area (Å²) in [5.41, 5.74) is -0.379. The molecule has 20 heavy (non-hydrogen) atoms. The minimum absolute atomic E-state index is 0.0862. The first kappa shape index (κ1) is 14.8. The number of nitrogens with zero attached hydrogens (tertiary/aromatic N) is 2. The van der Waals surface area contributed by atoms with Crippen molar-refractivity contribution in [3.8, 4) is 0 Å². The number of hydrazine groups is 1. The molecule has 0 spiro atoms. The SMILES string of the molecule is CC1CC(=O)N(c2ccc(C(F)(F)F)cc2)N1CCO. The van der Waals surface area contributed by atoms with E-state index in [-0.39, 0.29) is 31.5 Å². The molecule has 1 unspecified atom stereocenters. The van der Waals surface area contributed by atoms with Crippen LogP contribution >= 0.6 is 0 Å². The third-order valence-corrected chi connectivity index (χ3v) is 3.24. The average Bonchev–Trinajstić information content (AvgIpc) is 2.64. The number of alkyl halides is 3. The van der Waals surface area contributed by atoms with E-state index >= 15 is 0 Å². The number of β-amino-alcohol motifs (C(OH)–C–C–N with tert-alkyl or cyclic N) is 1. The first-order valence-corrected chi connectivity index (χ1v) is 6.22. The number of hydrogen-bond acceptors (Lipinski definition) is 3. The van der Waals surface area contributed by atoms with Crippen LogP contribution in [0.15, 0.2) is 24.3 Å². The fourth-order valence-electron chi connectivity index (χ4n) is 2.29. The van der Waals surface area contributed by atoms with Crippen LogP contribution in [0.5, 0.6) is 0 Å². The fourth-order valence-corrected chi connectivity index (χ4v) is 2.29. The highest BCUT2D eigenvalue weighted by molar-refractivity contribution is 5.94. The molecule has 0 radical (unpaired) electrons. The van der Waals surface area contributed by atoms with E-state index in [1.807, 2.05) is 6.92 Å². The van der Waals surface area contributed by atoms with Gasteiger partial charge in [0.2, 0.25) is 5.91 Å². The van der Waals surface area contributed by atoms with Gasteiger partial charge < -0.3 is 5.11 Å². The van der Waals surface area contributed by atoms with Gasteiger partial charge in [0, 0.05) is 19.0 Å². The zero-order chi connectivity index (χ0) is 14.9. The molecule has 1 atom stereocenters. The second kappa shape index (κ2) is 5.41. The maximum atomic E-state index is 12.5. The first-order chi connectivity index (χ1) is 9.34. The number of amides is 1. The Morgan fingerprint density at radius 3 is 2.40 bits per heavy atom. The molecule has 0 saturated carbocycles. The summed E-state index contributed by atoms with van der Waals surface area (Å²) in [4.78, 5) is 11.9. The molecular formula is C13H15F3N2O2. The van der Waals surface area contributed by atoms with Crippen molar-refractivity contribution in [2.24, 2.45) is 0 Å². The summed E-state index contributed by atoms with van der Waals surface area (Å²) < 4.78 is 37.5. The van der Waals surface area contributed by atoms with E-state index < -0.39 is 11.7 Å². The highest BCUT2D eigenvalue weighted by Gasteiger charge is 2.36. The zero-order valence-corrected chi connectivity index (χ0v) is 10.9. The van der Waals surface area contributed by atoms with Gasteiger partial charge in [-0.2, -0.15) is 13.2 Å². The predicted molar refractivity (Wildman–Crippen MR) is 66.8 cm³/mol. The van der Waals surface area contributed by atoms with Crippen molar-refractivity contribution in [2.75, 3.05) is 18.2 Å². The highest BCUT2D eigenvalue weighted by atomic mass is 19.4. The second-order valence-corrected chi connectivity index (χ2v) is 4.69. The molecule has 110 valence electrons. The summed E-state index contributed by atoms with van der Waals surface area (Å²) in [5.74, 6) is -0.189. The number of halogens is 3. The summed E-state index contributed by atoms with van der Waals surface area (Å²) in [7, 11) is 0. The molecule has 1 heterocycles. The van der Waals surface area contributed by atoms with E-state index in [4.69, 9.17) is 5.11 Å². The Kier molecular flexibility index (Phi) is 4.01. The molecule has 7 heteroatoms. The summed E-state index contributed by atoms with van der Waals surface area (Å²) in [6.45, 7) is 1.96. The standard InChI is InChI=1S/C13H15F3N2O2/c1-9-8-12(20)18(17(9)6-7-19)11-4-2-10(3-5-11)13(14,15)16/h2-5,9,19H,6-8H2,1H3. The van der Waals surface area contributed by atoms with Gasteiger partial charge >= 0.3 is 6.18 Å². The van der Waals surface area contributed by atoms with Crippen LogP contribution < -0.4 is 5.01 Å². The molecule has 4 nitrogen and oxygen atoms in total. The van der Waals surface area contributed by atoms with Crippen molar-refractivity contribution >= 4 is 11.6 Å². The minimum Gasteiger partial charge on any atom is -0.395 e. The molecular weight excluding hydrogens is 273 g/mol. The third kappa shape index (κ3) is 2.78. The van der Waals surface area contributed by atoms with E-state index in [2.05, 4.69) is 0 Å². The van der Waals surface area contributed by atoms with Gasteiger partial charge in [0.25, 0.3) is 0 Å². The maximum Gasteiger partial charge on any atom is 0.416 e. The Bertz CT molecular complexity index is 487. The largest absolute Gasteiger partial charge is 0.416 e. The lowest BCUT2D eigenvalue weighted by atomic mass is 10.2. The van der Waals surface area contributed by atoms with E-state index in [1.54, 1.807) is 5.01 Å². The molecule has 0 aromatic heterocycles. The molecule has 0 aliphatic carbocycles. The number of carbonyl (C=O) groups excluding carboxylic acids is 1. The molecule has 1 saturated heterocycles. The molecule has 1 aromatic carbocycles. The minimum atomic E-state index is -4.40. The number of carbonyl (C=O) groups is 1. The summed E-state index contributed by atoms with van der Waals surface area (Å²) >= 11 is 0. The van der Waals surface area contributed by atoms with Crippen LogP contribution in [0.2, 0.25) is 0 Å². The van der Waals surface area contributed by atoms with Gasteiger partial charge in [-0.25, -0.2) is 10.0 Å². The number of aliphatic hydroxyl groups is 1. The number of rotatable bonds is 3. The van der Waals surface area contributed by atoms with Crippen molar-refractivity contribution in [1.82, 2.24) is 5.01 Å². The Morgan fingerprint density at radius 1 is 1.30 bits per heavy atom. The van der Waals surface area contributed by atoms with Crippen LogP contribution in [-0.2, 0) is 11.0 Å². The smallest absolute Gasteiger partial charge is 0.395 e. The Hall–Kier alpha value is -1.60. The van der Waals surface area contributed by atoms with Gasteiger partial charge in [-0.3, -0.25) is 4.79 Å². The predicted octanol–water partition coefficient (Wildman–Crippen LogP) is 2.04. The van der Waals surface area contributed by atoms with Gasteiger partial charge in [-0.05, 0) is 31.2 Å². The van der Waals surface area contributed by atoms with E-state index in [9.17, 15) is 18.0 Å². The molecule has 1 fully saturated rings. The highest BCUT2D eigenvalue weighted by Crippen LogP contribution is 2.32. The van der Waals surface area contributed by atoms with E-state index in [0.29, 0.717) is 5.69 Å². The van der Waals surface area contributed by atoms with Crippen LogP contribution in [0.25, 0.3) is 0 Å². The Balaban J connectivity index is 2.27. The van der Waals surface area contributed by atoms with Gasteiger partial charge in [-0.1, -0.05) is 0 Å². The maximum absolute atomic E-state index is 12.5. The van der Waals surface area contributed by atoms with Gasteiger partial charge in [0.05, 0.1) is 17.9 Å². The molecule has 1 aliphatic heterocycles. The zero-order valence-electron chi connectivity index (χ0n) is 10.9. The number of benzene rings is 1. The quantitative estimate of drug-likeness (QED) is 0.925. The van der Waals surface area contributed by atoms with Gasteiger partial charge in [0.15, 0.2) is 0 Å². The lowest BCUT2D eigenvalue weighted by molar-refractivity contribution is -0.137. The monoisotopic (exact) mass is 288 g/mol. The number of aliphatic hydroxyl groups excluding tert-OH is 1. The van der Waals surface area contributed by atoms with Gasteiger partial charge in [-0.15, -0.1) is 0 Å². The van der Waals surface area contributed by atoms with Crippen LogP contribution in [0, 0.1) is 0 Å². The fraction of sp³-hybridized carbons (Fsp3) is 0.462. The van der Waals surface area contributed by atoms with Crippen molar-refractivity contribution < 1.29 is 23.1 Å². The number of anilines is 1. The summed E-state index contributed by atoms with van der Waals surface area (Å²) in [6.07, 6.45) is -4.12. The van der Waals surface area contributed by atoms with E-state index in [1.165, 1.54) is 17.1 Å². The first-order valence-electron chi connectivity index (χ1n) is 6.22. The van der Waals surface area contributed by atoms with Crippen LogP contribution in [-0.4, -0.2) is 35.2 Å². The molecule has 1 aliphatic rings.